The molecule has 25 heavy (non-hydrogen) atoms. The Kier molecular flexibility index (Phi) is 11.2. The van der Waals surface area contributed by atoms with Crippen molar-refractivity contribution in [1.82, 2.24) is 15.5 Å². The molecule has 0 saturated carbocycles. The Hall–Kier alpha value is -0.160. The SMILES string of the molecule is CN=C(NCCCOC1CCOC1)NCC(C)(C)N1CCOCC1.I. The minimum absolute atomic E-state index is 0. The van der Waals surface area contributed by atoms with Crippen LogP contribution in [0.5, 0.6) is 0 Å². The van der Waals surface area contributed by atoms with E-state index in [0.717, 1.165) is 78.0 Å². The number of hydrogen-bond donors (Lipinski definition) is 2. The zero-order valence-electron chi connectivity index (χ0n) is 15.9. The third-order valence-corrected chi connectivity index (χ3v) is 4.63. The van der Waals surface area contributed by atoms with Crippen LogP contribution in [0.4, 0.5) is 0 Å². The summed E-state index contributed by atoms with van der Waals surface area (Å²) in [6, 6.07) is 0. The van der Waals surface area contributed by atoms with Crippen molar-refractivity contribution >= 4 is 29.9 Å². The lowest BCUT2D eigenvalue weighted by atomic mass is 10.0. The van der Waals surface area contributed by atoms with Crippen LogP contribution in [0.2, 0.25) is 0 Å². The molecule has 0 amide bonds. The summed E-state index contributed by atoms with van der Waals surface area (Å²) in [6.45, 7) is 12.2. The van der Waals surface area contributed by atoms with Crippen molar-refractivity contribution in [2.45, 2.75) is 38.3 Å². The lowest BCUT2D eigenvalue weighted by Gasteiger charge is -2.41. The van der Waals surface area contributed by atoms with Crippen LogP contribution in [0.15, 0.2) is 4.99 Å². The van der Waals surface area contributed by atoms with Gasteiger partial charge in [0.2, 0.25) is 0 Å². The molecule has 2 fully saturated rings. The number of nitrogens with zero attached hydrogens (tertiary/aromatic N) is 2. The highest BCUT2D eigenvalue weighted by Gasteiger charge is 2.28. The number of rotatable bonds is 8. The highest BCUT2D eigenvalue weighted by molar-refractivity contribution is 14.0. The number of halogens is 1. The van der Waals surface area contributed by atoms with Crippen molar-refractivity contribution < 1.29 is 14.2 Å². The average Bonchev–Trinajstić information content (AvgIpc) is 3.11. The first-order valence-electron chi connectivity index (χ1n) is 9.08. The molecule has 0 aromatic heterocycles. The summed E-state index contributed by atoms with van der Waals surface area (Å²) in [4.78, 5) is 6.77. The largest absolute Gasteiger partial charge is 0.379 e. The first-order valence-corrected chi connectivity index (χ1v) is 9.08. The van der Waals surface area contributed by atoms with Crippen LogP contribution < -0.4 is 10.6 Å². The molecule has 2 aliphatic rings. The van der Waals surface area contributed by atoms with Gasteiger partial charge in [-0.1, -0.05) is 0 Å². The Morgan fingerprint density at radius 3 is 2.60 bits per heavy atom. The van der Waals surface area contributed by atoms with Gasteiger partial charge in [-0.2, -0.15) is 0 Å². The van der Waals surface area contributed by atoms with E-state index in [0.29, 0.717) is 0 Å². The molecule has 2 heterocycles. The second kappa shape index (κ2) is 12.3. The third-order valence-electron chi connectivity index (χ3n) is 4.63. The quantitative estimate of drug-likeness (QED) is 0.240. The monoisotopic (exact) mass is 470 g/mol. The van der Waals surface area contributed by atoms with E-state index in [1.54, 1.807) is 0 Å². The molecule has 0 aliphatic carbocycles. The van der Waals surface area contributed by atoms with Gasteiger partial charge in [0.15, 0.2) is 5.96 Å². The van der Waals surface area contributed by atoms with E-state index in [1.165, 1.54) is 0 Å². The Balaban J connectivity index is 0.00000312. The maximum absolute atomic E-state index is 5.77. The Morgan fingerprint density at radius 2 is 1.96 bits per heavy atom. The summed E-state index contributed by atoms with van der Waals surface area (Å²) in [5, 5.41) is 6.79. The number of guanidine groups is 1. The fourth-order valence-electron chi connectivity index (χ4n) is 2.97. The van der Waals surface area contributed by atoms with E-state index >= 15 is 0 Å². The smallest absolute Gasteiger partial charge is 0.191 e. The maximum Gasteiger partial charge on any atom is 0.191 e. The van der Waals surface area contributed by atoms with Gasteiger partial charge in [-0.3, -0.25) is 9.89 Å². The molecule has 0 spiro atoms. The molecule has 2 saturated heterocycles. The first-order chi connectivity index (χ1) is 11.6. The zero-order valence-corrected chi connectivity index (χ0v) is 18.2. The summed E-state index contributed by atoms with van der Waals surface area (Å²) in [7, 11) is 1.81. The number of morpholine rings is 1. The number of ether oxygens (including phenoxy) is 3. The molecule has 2 aliphatic heterocycles. The zero-order chi connectivity index (χ0) is 17.3. The lowest BCUT2D eigenvalue weighted by molar-refractivity contribution is -0.00834. The molecule has 8 heteroatoms. The van der Waals surface area contributed by atoms with E-state index in [2.05, 4.69) is 34.4 Å². The predicted molar refractivity (Wildman–Crippen MR) is 111 cm³/mol. The normalized spacial score (nSPS) is 22.5. The number of nitrogens with one attached hydrogen (secondary N) is 2. The molecule has 1 atom stereocenters. The van der Waals surface area contributed by atoms with Gasteiger partial charge in [0.05, 0.1) is 25.9 Å². The van der Waals surface area contributed by atoms with Gasteiger partial charge < -0.3 is 24.8 Å². The number of aliphatic imine (C=N–C) groups is 1. The van der Waals surface area contributed by atoms with Crippen LogP contribution in [0.25, 0.3) is 0 Å². The Morgan fingerprint density at radius 1 is 1.20 bits per heavy atom. The van der Waals surface area contributed by atoms with E-state index in [1.807, 2.05) is 7.05 Å². The topological polar surface area (TPSA) is 67.4 Å². The predicted octanol–water partition coefficient (Wildman–Crippen LogP) is 1.08. The van der Waals surface area contributed by atoms with E-state index in [4.69, 9.17) is 14.2 Å². The summed E-state index contributed by atoms with van der Waals surface area (Å²) in [5.41, 5.74) is 0.0764. The van der Waals surface area contributed by atoms with Gasteiger partial charge in [-0.25, -0.2) is 0 Å². The minimum atomic E-state index is 0. The van der Waals surface area contributed by atoms with E-state index < -0.39 is 0 Å². The molecule has 2 rings (SSSR count). The number of hydrogen-bond acceptors (Lipinski definition) is 5. The van der Waals surface area contributed by atoms with Crippen molar-refractivity contribution in [2.24, 2.45) is 4.99 Å². The minimum Gasteiger partial charge on any atom is -0.379 e. The Bertz CT molecular complexity index is 384. The molecule has 2 N–H and O–H groups in total. The van der Waals surface area contributed by atoms with Crippen LogP contribution in [0, 0.1) is 0 Å². The van der Waals surface area contributed by atoms with Gasteiger partial charge in [0.25, 0.3) is 0 Å². The van der Waals surface area contributed by atoms with E-state index in [9.17, 15) is 0 Å². The third kappa shape index (κ3) is 8.38. The molecule has 148 valence electrons. The fourth-order valence-corrected chi connectivity index (χ4v) is 2.97. The van der Waals surface area contributed by atoms with Gasteiger partial charge in [0, 0.05) is 52.0 Å². The van der Waals surface area contributed by atoms with Crippen molar-refractivity contribution in [3.63, 3.8) is 0 Å². The highest BCUT2D eigenvalue weighted by atomic mass is 127. The van der Waals surface area contributed by atoms with Crippen molar-refractivity contribution in [1.29, 1.82) is 0 Å². The van der Waals surface area contributed by atoms with Crippen LogP contribution >= 0.6 is 24.0 Å². The fraction of sp³-hybridized carbons (Fsp3) is 0.941. The van der Waals surface area contributed by atoms with Crippen LogP contribution in [-0.2, 0) is 14.2 Å². The standard InChI is InChI=1S/C17H34N4O3.HI/c1-17(2,21-7-11-22-12-8-21)14-20-16(18-3)19-6-4-9-24-15-5-10-23-13-15;/h15H,4-14H2,1-3H3,(H2,18,19,20);1H. The van der Waals surface area contributed by atoms with Crippen molar-refractivity contribution in [2.75, 3.05) is 66.3 Å². The van der Waals surface area contributed by atoms with Crippen molar-refractivity contribution in [3.8, 4) is 0 Å². The summed E-state index contributed by atoms with van der Waals surface area (Å²) >= 11 is 0. The molecule has 7 nitrogen and oxygen atoms in total. The first kappa shape index (κ1) is 22.9. The average molecular weight is 470 g/mol. The summed E-state index contributed by atoms with van der Waals surface area (Å²) in [5.74, 6) is 0.848. The van der Waals surface area contributed by atoms with Gasteiger partial charge in [-0.15, -0.1) is 24.0 Å². The van der Waals surface area contributed by atoms with Gasteiger partial charge >= 0.3 is 0 Å². The summed E-state index contributed by atoms with van der Waals surface area (Å²) in [6.07, 6.45) is 2.27. The molecule has 1 unspecified atom stereocenters. The summed E-state index contributed by atoms with van der Waals surface area (Å²) < 4.78 is 16.5. The molecule has 0 bridgehead atoms. The van der Waals surface area contributed by atoms with Crippen LogP contribution in [0.3, 0.4) is 0 Å². The highest BCUT2D eigenvalue weighted by Crippen LogP contribution is 2.15. The second-order valence-electron chi connectivity index (χ2n) is 6.97. The maximum atomic E-state index is 5.77. The molecular formula is C17H35IN4O3. The van der Waals surface area contributed by atoms with E-state index in [-0.39, 0.29) is 35.6 Å². The van der Waals surface area contributed by atoms with Crippen LogP contribution in [0.1, 0.15) is 26.7 Å². The molecular weight excluding hydrogens is 435 g/mol. The van der Waals surface area contributed by atoms with Crippen LogP contribution in [-0.4, -0.2) is 88.8 Å². The van der Waals surface area contributed by atoms with Gasteiger partial charge in [-0.05, 0) is 26.7 Å². The molecule has 0 radical (unpaired) electrons. The molecule has 0 aromatic carbocycles. The van der Waals surface area contributed by atoms with Gasteiger partial charge in [0.1, 0.15) is 0 Å². The lowest BCUT2D eigenvalue weighted by Crippen LogP contribution is -2.56. The second-order valence-corrected chi connectivity index (χ2v) is 6.97. The molecule has 0 aromatic rings. The Labute approximate surface area is 169 Å². The van der Waals surface area contributed by atoms with Crippen molar-refractivity contribution in [3.05, 3.63) is 0 Å².